The van der Waals surface area contributed by atoms with Crippen LogP contribution >= 0.6 is 11.3 Å². The molecule has 0 radical (unpaired) electrons. The second-order valence-corrected chi connectivity index (χ2v) is 10.2. The van der Waals surface area contributed by atoms with Crippen LogP contribution in [0.25, 0.3) is 0 Å². The molecule has 1 atom stereocenters. The number of nitrogens with one attached hydrogen (secondary N) is 1. The first-order chi connectivity index (χ1) is 17.1. The average molecular weight is 498 g/mol. The van der Waals surface area contributed by atoms with Crippen LogP contribution in [-0.2, 0) is 6.54 Å². The molecule has 0 aliphatic carbocycles. The summed E-state index contributed by atoms with van der Waals surface area (Å²) >= 11 is 1.34. The summed E-state index contributed by atoms with van der Waals surface area (Å²) in [5.74, 6) is -1.25. The summed E-state index contributed by atoms with van der Waals surface area (Å²) in [5.41, 5.74) is 1.44. The third-order valence-corrected chi connectivity index (χ3v) is 8.05. The minimum Gasteiger partial charge on any atom is -0.348 e. The van der Waals surface area contributed by atoms with Crippen molar-refractivity contribution in [3.05, 3.63) is 76.6 Å². The fraction of sp³-hybridized carbons (Fsp3) is 0.423. The number of piperidine rings is 2. The number of likely N-dealkylation sites (tertiary alicyclic amines) is 1. The summed E-state index contributed by atoms with van der Waals surface area (Å²) < 4.78 is 26.8. The molecule has 2 saturated heterocycles. The zero-order valence-electron chi connectivity index (χ0n) is 19.5. The van der Waals surface area contributed by atoms with Crippen molar-refractivity contribution in [3.8, 4) is 0 Å². The fourth-order valence-electron chi connectivity index (χ4n) is 5.10. The third-order valence-electron chi connectivity index (χ3n) is 6.99. The lowest BCUT2D eigenvalue weighted by atomic mass is 9.89. The Morgan fingerprint density at radius 1 is 1.06 bits per heavy atom. The number of aromatic nitrogens is 2. The van der Waals surface area contributed by atoms with Crippen LogP contribution in [0.2, 0.25) is 0 Å². The van der Waals surface area contributed by atoms with E-state index < -0.39 is 11.6 Å². The number of thiazole rings is 1. The average Bonchev–Trinajstić information content (AvgIpc) is 3.39. The maximum Gasteiger partial charge on any atom is 0.263 e. The summed E-state index contributed by atoms with van der Waals surface area (Å²) in [5, 5.41) is 3.47. The van der Waals surface area contributed by atoms with Crippen molar-refractivity contribution in [1.82, 2.24) is 20.2 Å². The Balaban J connectivity index is 1.12. The van der Waals surface area contributed by atoms with Gasteiger partial charge in [0.05, 0.1) is 24.6 Å². The highest BCUT2D eigenvalue weighted by Gasteiger charge is 2.30. The van der Waals surface area contributed by atoms with Crippen LogP contribution in [0.5, 0.6) is 0 Å². The molecule has 2 aliphatic rings. The minimum atomic E-state index is -0.776. The Bertz CT molecular complexity index is 1150. The quantitative estimate of drug-likeness (QED) is 0.540. The molecular weight excluding hydrogens is 468 g/mol. The smallest absolute Gasteiger partial charge is 0.263 e. The molecule has 1 N–H and O–H groups in total. The number of hydrogen-bond donors (Lipinski definition) is 1. The number of pyridine rings is 1. The SMILES string of the molecule is O=C(NCc1ncc(F)cc1F)c1cnc(N2CCC(N3CCCC(c4ccccc4)C3)CC2)s1. The summed E-state index contributed by atoms with van der Waals surface area (Å²) in [7, 11) is 0. The van der Waals surface area contributed by atoms with Crippen molar-refractivity contribution >= 4 is 22.4 Å². The molecule has 5 rings (SSSR count). The van der Waals surface area contributed by atoms with Crippen LogP contribution < -0.4 is 10.2 Å². The standard InChI is InChI=1S/C26H29F2N5OS/c27-20-13-22(28)23(29-14-20)15-30-25(34)24-16-31-26(35-24)32-11-8-21(9-12-32)33-10-4-7-19(17-33)18-5-2-1-3-6-18/h1-3,5-6,13-14,16,19,21H,4,7-12,15,17H2,(H,30,34). The highest BCUT2D eigenvalue weighted by Crippen LogP contribution is 2.32. The molecule has 1 unspecified atom stereocenters. The van der Waals surface area contributed by atoms with Gasteiger partial charge in [0, 0.05) is 31.7 Å². The minimum absolute atomic E-state index is 0.00113. The maximum atomic E-state index is 13.8. The van der Waals surface area contributed by atoms with Crippen molar-refractivity contribution in [1.29, 1.82) is 0 Å². The van der Waals surface area contributed by atoms with Crippen molar-refractivity contribution in [2.75, 3.05) is 31.1 Å². The Kier molecular flexibility index (Phi) is 7.34. The number of rotatable bonds is 6. The molecule has 6 nitrogen and oxygen atoms in total. The van der Waals surface area contributed by atoms with Gasteiger partial charge >= 0.3 is 0 Å². The Morgan fingerprint density at radius 3 is 2.63 bits per heavy atom. The van der Waals surface area contributed by atoms with Crippen molar-refractivity contribution in [3.63, 3.8) is 0 Å². The van der Waals surface area contributed by atoms with E-state index in [1.807, 2.05) is 0 Å². The molecule has 184 valence electrons. The van der Waals surface area contributed by atoms with E-state index in [1.165, 1.54) is 36.3 Å². The van der Waals surface area contributed by atoms with Crippen molar-refractivity contribution < 1.29 is 13.6 Å². The highest BCUT2D eigenvalue weighted by molar-refractivity contribution is 7.17. The van der Waals surface area contributed by atoms with Crippen molar-refractivity contribution in [2.24, 2.45) is 0 Å². The first kappa shape index (κ1) is 23.8. The van der Waals surface area contributed by atoms with Crippen LogP contribution in [0.3, 0.4) is 0 Å². The first-order valence-electron chi connectivity index (χ1n) is 12.1. The lowest BCUT2D eigenvalue weighted by Crippen LogP contribution is -2.48. The molecule has 35 heavy (non-hydrogen) atoms. The van der Waals surface area contributed by atoms with Crippen LogP contribution in [0.15, 0.2) is 48.8 Å². The van der Waals surface area contributed by atoms with Gasteiger partial charge < -0.3 is 10.2 Å². The largest absolute Gasteiger partial charge is 0.348 e. The van der Waals surface area contributed by atoms with Crippen LogP contribution in [0, 0.1) is 11.6 Å². The van der Waals surface area contributed by atoms with Crippen LogP contribution in [-0.4, -0.2) is 53.0 Å². The van der Waals surface area contributed by atoms with E-state index >= 15 is 0 Å². The Hall–Kier alpha value is -2.91. The molecule has 2 fully saturated rings. The van der Waals surface area contributed by atoms with E-state index in [1.54, 1.807) is 6.20 Å². The van der Waals surface area contributed by atoms with E-state index in [-0.39, 0.29) is 18.1 Å². The van der Waals surface area contributed by atoms with Gasteiger partial charge in [-0.05, 0) is 43.7 Å². The lowest BCUT2D eigenvalue weighted by Gasteiger charge is -2.42. The fourth-order valence-corrected chi connectivity index (χ4v) is 5.98. The van der Waals surface area contributed by atoms with E-state index in [0.717, 1.165) is 49.9 Å². The number of carbonyl (C=O) groups is 1. The monoisotopic (exact) mass is 497 g/mol. The molecule has 4 heterocycles. The zero-order valence-corrected chi connectivity index (χ0v) is 20.3. The van der Waals surface area contributed by atoms with E-state index in [0.29, 0.717) is 16.8 Å². The first-order valence-corrected chi connectivity index (χ1v) is 13.0. The van der Waals surface area contributed by atoms with Crippen molar-refractivity contribution in [2.45, 2.75) is 44.2 Å². The molecule has 3 aromatic rings. The Morgan fingerprint density at radius 2 is 1.86 bits per heavy atom. The number of anilines is 1. The summed E-state index contributed by atoms with van der Waals surface area (Å²) in [6, 6.07) is 12.2. The maximum absolute atomic E-state index is 13.8. The number of halogens is 2. The zero-order chi connectivity index (χ0) is 24.2. The van der Waals surface area contributed by atoms with Gasteiger partial charge in [-0.3, -0.25) is 14.7 Å². The molecule has 2 aliphatic heterocycles. The normalized spacial score (nSPS) is 19.6. The van der Waals surface area contributed by atoms with Gasteiger partial charge in [-0.25, -0.2) is 13.8 Å². The number of nitrogens with zero attached hydrogens (tertiary/aromatic N) is 4. The van der Waals surface area contributed by atoms with Gasteiger partial charge in [-0.15, -0.1) is 0 Å². The molecule has 9 heteroatoms. The summed E-state index contributed by atoms with van der Waals surface area (Å²) in [4.78, 5) is 26.1. The summed E-state index contributed by atoms with van der Waals surface area (Å²) in [6.07, 6.45) is 7.15. The molecule has 1 amide bonds. The van der Waals surface area contributed by atoms with Gasteiger partial charge in [0.2, 0.25) is 0 Å². The van der Waals surface area contributed by atoms with Gasteiger partial charge in [0.25, 0.3) is 5.91 Å². The van der Waals surface area contributed by atoms with Crippen LogP contribution in [0.4, 0.5) is 13.9 Å². The van der Waals surface area contributed by atoms with E-state index in [2.05, 4.69) is 55.4 Å². The van der Waals surface area contributed by atoms with Crippen LogP contribution in [0.1, 0.15) is 52.5 Å². The lowest BCUT2D eigenvalue weighted by molar-refractivity contribution is 0.0954. The second-order valence-electron chi connectivity index (χ2n) is 9.23. The van der Waals surface area contributed by atoms with E-state index in [4.69, 9.17) is 0 Å². The summed E-state index contributed by atoms with van der Waals surface area (Å²) in [6.45, 7) is 4.01. The molecule has 0 bridgehead atoms. The van der Waals surface area contributed by atoms with Gasteiger partial charge in [0.15, 0.2) is 5.13 Å². The van der Waals surface area contributed by atoms with E-state index in [9.17, 15) is 13.6 Å². The molecule has 1 aromatic carbocycles. The second kappa shape index (κ2) is 10.8. The number of hydrogen-bond acceptors (Lipinski definition) is 6. The third kappa shape index (κ3) is 5.67. The number of carbonyl (C=O) groups excluding carboxylic acids is 1. The number of benzene rings is 1. The highest BCUT2D eigenvalue weighted by atomic mass is 32.1. The topological polar surface area (TPSA) is 61.4 Å². The molecular formula is C26H29F2N5OS. The molecule has 2 aromatic heterocycles. The molecule has 0 spiro atoms. The predicted molar refractivity (Wildman–Crippen MR) is 133 cm³/mol. The molecule has 0 saturated carbocycles. The van der Waals surface area contributed by atoms with Gasteiger partial charge in [-0.1, -0.05) is 41.7 Å². The van der Waals surface area contributed by atoms with Gasteiger partial charge in [-0.2, -0.15) is 0 Å². The van der Waals surface area contributed by atoms with Gasteiger partial charge in [0.1, 0.15) is 16.5 Å². The Labute approximate surface area is 208 Å². The predicted octanol–water partition coefficient (Wildman–Crippen LogP) is 4.59. The number of amides is 1.